The first-order valence-corrected chi connectivity index (χ1v) is 4.42. The summed E-state index contributed by atoms with van der Waals surface area (Å²) >= 11 is 0. The van der Waals surface area contributed by atoms with Crippen LogP contribution in [0, 0.1) is 15.9 Å². The van der Waals surface area contributed by atoms with Gasteiger partial charge in [0.15, 0.2) is 0 Å². The van der Waals surface area contributed by atoms with Crippen molar-refractivity contribution < 1.29 is 9.31 Å². The van der Waals surface area contributed by atoms with E-state index in [1.54, 1.807) is 0 Å². The zero-order chi connectivity index (χ0) is 11.5. The summed E-state index contributed by atoms with van der Waals surface area (Å²) in [5, 5.41) is 14.5. The minimum Gasteiger partial charge on any atom is -0.258 e. The molecular formula is C9H7FN4O2. The summed E-state index contributed by atoms with van der Waals surface area (Å²) in [7, 11) is 0. The molecule has 16 heavy (non-hydrogen) atoms. The molecule has 82 valence electrons. The van der Waals surface area contributed by atoms with Crippen LogP contribution in [0.2, 0.25) is 0 Å². The molecule has 2 aromatic rings. The number of aromatic nitrogens is 3. The number of rotatable bonds is 3. The molecule has 0 aliphatic heterocycles. The molecule has 0 aliphatic rings. The van der Waals surface area contributed by atoms with Crippen LogP contribution in [0.15, 0.2) is 30.9 Å². The Bertz CT molecular complexity index is 512. The number of nitro groups is 1. The second kappa shape index (κ2) is 4.05. The van der Waals surface area contributed by atoms with E-state index in [1.165, 1.54) is 17.3 Å². The first kappa shape index (κ1) is 10.2. The fourth-order valence-corrected chi connectivity index (χ4v) is 1.35. The number of halogens is 1. The molecule has 0 saturated heterocycles. The molecule has 0 bridgehead atoms. The molecule has 1 aromatic carbocycles. The lowest BCUT2D eigenvalue weighted by molar-refractivity contribution is -0.385. The molecule has 0 atom stereocenters. The standard InChI is InChI=1S/C9H7FN4O2/c10-8-1-2-9(14(15)16)7(3-8)4-13-6-11-5-12-13/h1-3,5-6H,4H2. The lowest BCUT2D eigenvalue weighted by Gasteiger charge is -2.02. The van der Waals surface area contributed by atoms with Crippen LogP contribution in [-0.4, -0.2) is 19.7 Å². The Morgan fingerprint density at radius 2 is 2.31 bits per heavy atom. The topological polar surface area (TPSA) is 73.8 Å². The van der Waals surface area contributed by atoms with Crippen LogP contribution in [0.4, 0.5) is 10.1 Å². The van der Waals surface area contributed by atoms with Crippen LogP contribution in [0.3, 0.4) is 0 Å². The van der Waals surface area contributed by atoms with Gasteiger partial charge in [0.1, 0.15) is 18.5 Å². The van der Waals surface area contributed by atoms with E-state index in [2.05, 4.69) is 10.1 Å². The van der Waals surface area contributed by atoms with Gasteiger partial charge in [0.25, 0.3) is 5.69 Å². The molecule has 0 aliphatic carbocycles. The van der Waals surface area contributed by atoms with Crippen molar-refractivity contribution in [3.05, 3.63) is 52.3 Å². The van der Waals surface area contributed by atoms with E-state index in [1.807, 2.05) is 0 Å². The summed E-state index contributed by atoms with van der Waals surface area (Å²) in [5.41, 5.74) is 0.132. The van der Waals surface area contributed by atoms with E-state index in [-0.39, 0.29) is 17.8 Å². The summed E-state index contributed by atoms with van der Waals surface area (Å²) in [6.07, 6.45) is 2.72. The fraction of sp³-hybridized carbons (Fsp3) is 0.111. The summed E-state index contributed by atoms with van der Waals surface area (Å²) in [6.45, 7) is 0.119. The van der Waals surface area contributed by atoms with Gasteiger partial charge in [-0.05, 0) is 12.1 Å². The Morgan fingerprint density at radius 3 is 2.94 bits per heavy atom. The Hall–Kier alpha value is -2.31. The number of nitrogens with zero attached hydrogens (tertiary/aromatic N) is 4. The first-order chi connectivity index (χ1) is 7.66. The highest BCUT2D eigenvalue weighted by atomic mass is 19.1. The maximum absolute atomic E-state index is 13.0. The van der Waals surface area contributed by atoms with Crippen molar-refractivity contribution in [1.82, 2.24) is 14.8 Å². The monoisotopic (exact) mass is 222 g/mol. The molecule has 1 heterocycles. The number of benzene rings is 1. The number of hydrogen-bond acceptors (Lipinski definition) is 4. The van der Waals surface area contributed by atoms with Gasteiger partial charge < -0.3 is 0 Å². The van der Waals surface area contributed by atoms with Gasteiger partial charge in [-0.15, -0.1) is 0 Å². The molecule has 0 fully saturated rings. The largest absolute Gasteiger partial charge is 0.274 e. The smallest absolute Gasteiger partial charge is 0.258 e. The maximum atomic E-state index is 13.0. The van der Waals surface area contributed by atoms with Crippen LogP contribution in [0.25, 0.3) is 0 Å². The van der Waals surface area contributed by atoms with Crippen molar-refractivity contribution in [3.63, 3.8) is 0 Å². The van der Waals surface area contributed by atoms with Gasteiger partial charge in [-0.3, -0.25) is 10.1 Å². The molecule has 0 spiro atoms. The van der Waals surface area contributed by atoms with Crippen LogP contribution in [-0.2, 0) is 6.54 Å². The fourth-order valence-electron chi connectivity index (χ4n) is 1.35. The Labute approximate surface area is 89.5 Å². The first-order valence-electron chi connectivity index (χ1n) is 4.42. The third-order valence-electron chi connectivity index (χ3n) is 2.04. The van der Waals surface area contributed by atoms with Gasteiger partial charge in [-0.2, -0.15) is 5.10 Å². The molecule has 0 saturated carbocycles. The highest BCUT2D eigenvalue weighted by Crippen LogP contribution is 2.20. The van der Waals surface area contributed by atoms with Gasteiger partial charge in [0.05, 0.1) is 17.0 Å². The van der Waals surface area contributed by atoms with E-state index in [9.17, 15) is 14.5 Å². The normalized spacial score (nSPS) is 10.3. The highest BCUT2D eigenvalue weighted by Gasteiger charge is 2.14. The van der Waals surface area contributed by atoms with E-state index in [4.69, 9.17) is 0 Å². The van der Waals surface area contributed by atoms with Crippen LogP contribution < -0.4 is 0 Å². The minimum atomic E-state index is -0.550. The predicted octanol–water partition coefficient (Wildman–Crippen LogP) is 1.37. The van der Waals surface area contributed by atoms with Gasteiger partial charge in [-0.25, -0.2) is 14.1 Å². The minimum absolute atomic E-state index is 0.119. The molecule has 7 heteroatoms. The molecule has 0 amide bonds. The van der Waals surface area contributed by atoms with E-state index < -0.39 is 10.7 Å². The Kier molecular flexibility index (Phi) is 2.59. The molecule has 2 rings (SSSR count). The second-order valence-electron chi connectivity index (χ2n) is 3.12. The predicted molar refractivity (Wildman–Crippen MR) is 52.2 cm³/mol. The van der Waals surface area contributed by atoms with Gasteiger partial charge in [-0.1, -0.05) is 0 Å². The maximum Gasteiger partial charge on any atom is 0.274 e. The lowest BCUT2D eigenvalue weighted by Crippen LogP contribution is -2.04. The number of hydrogen-bond donors (Lipinski definition) is 0. The average molecular weight is 222 g/mol. The second-order valence-corrected chi connectivity index (χ2v) is 3.12. The van der Waals surface area contributed by atoms with E-state index >= 15 is 0 Å². The highest BCUT2D eigenvalue weighted by molar-refractivity contribution is 5.40. The summed E-state index contributed by atoms with van der Waals surface area (Å²) in [5.74, 6) is -0.513. The molecule has 0 unspecified atom stereocenters. The van der Waals surface area contributed by atoms with Gasteiger partial charge in [0.2, 0.25) is 0 Å². The molecular weight excluding hydrogens is 215 g/mol. The van der Waals surface area contributed by atoms with E-state index in [0.717, 1.165) is 18.2 Å². The summed E-state index contributed by atoms with van der Waals surface area (Å²) in [4.78, 5) is 13.9. The van der Waals surface area contributed by atoms with Gasteiger partial charge in [0, 0.05) is 6.07 Å². The third-order valence-corrected chi connectivity index (χ3v) is 2.04. The van der Waals surface area contributed by atoms with Crippen molar-refractivity contribution in [3.8, 4) is 0 Å². The van der Waals surface area contributed by atoms with Crippen molar-refractivity contribution in [2.45, 2.75) is 6.54 Å². The molecule has 1 aromatic heterocycles. The Morgan fingerprint density at radius 1 is 1.50 bits per heavy atom. The van der Waals surface area contributed by atoms with Crippen LogP contribution in [0.1, 0.15) is 5.56 Å². The quantitative estimate of drug-likeness (QED) is 0.580. The Balaban J connectivity index is 2.38. The van der Waals surface area contributed by atoms with Crippen LogP contribution in [0.5, 0.6) is 0 Å². The average Bonchev–Trinajstić information content (AvgIpc) is 2.70. The summed E-state index contributed by atoms with van der Waals surface area (Å²) < 4.78 is 14.4. The number of nitro benzene ring substituents is 1. The third kappa shape index (κ3) is 2.02. The van der Waals surface area contributed by atoms with E-state index in [0.29, 0.717) is 0 Å². The van der Waals surface area contributed by atoms with Crippen molar-refractivity contribution in [2.75, 3.05) is 0 Å². The zero-order valence-corrected chi connectivity index (χ0v) is 8.08. The summed E-state index contributed by atoms with van der Waals surface area (Å²) in [6, 6.07) is 3.32. The molecule has 0 radical (unpaired) electrons. The van der Waals surface area contributed by atoms with Crippen LogP contribution >= 0.6 is 0 Å². The van der Waals surface area contributed by atoms with Gasteiger partial charge >= 0.3 is 0 Å². The SMILES string of the molecule is O=[N+]([O-])c1ccc(F)cc1Cn1cncn1. The van der Waals surface area contributed by atoms with Crippen molar-refractivity contribution >= 4 is 5.69 Å². The lowest BCUT2D eigenvalue weighted by atomic mass is 10.2. The molecule has 6 nitrogen and oxygen atoms in total. The molecule has 0 N–H and O–H groups in total. The zero-order valence-electron chi connectivity index (χ0n) is 8.08. The van der Waals surface area contributed by atoms with Crippen molar-refractivity contribution in [1.29, 1.82) is 0 Å². The van der Waals surface area contributed by atoms with Crippen molar-refractivity contribution in [2.24, 2.45) is 0 Å².